The molecule has 1 heterocycles. The number of nitrogens with two attached hydrogens (primary N) is 1. The van der Waals surface area contributed by atoms with Crippen molar-refractivity contribution in [3.8, 4) is 11.4 Å². The minimum Gasteiger partial charge on any atom is -0.385 e. The standard InChI is InChI=1S/C19H18Cl2N6/c20-12-5-6-13(15(21)11-12)19-26-16-4-2-1-3-14(16)18(27-19)25-10-9-24-17(23)7-8-22/h1-8,11,22,24H,9-10,23H2,(H,25,26,27)/b17-7+,22-8?. The van der Waals surface area contributed by atoms with E-state index in [0.717, 1.165) is 17.1 Å². The molecule has 0 aliphatic heterocycles. The van der Waals surface area contributed by atoms with Crippen LogP contribution in [0.15, 0.2) is 54.4 Å². The zero-order valence-corrected chi connectivity index (χ0v) is 15.8. The van der Waals surface area contributed by atoms with Crippen LogP contribution in [0.2, 0.25) is 10.0 Å². The number of benzene rings is 2. The number of nitrogens with one attached hydrogen (secondary N) is 3. The first-order valence-electron chi connectivity index (χ1n) is 8.24. The third-order valence-electron chi connectivity index (χ3n) is 3.78. The Balaban J connectivity index is 1.89. The van der Waals surface area contributed by atoms with Gasteiger partial charge in [0.25, 0.3) is 0 Å². The first kappa shape index (κ1) is 18.9. The van der Waals surface area contributed by atoms with Crippen LogP contribution in [-0.4, -0.2) is 29.3 Å². The van der Waals surface area contributed by atoms with Crippen molar-refractivity contribution in [1.29, 1.82) is 5.41 Å². The summed E-state index contributed by atoms with van der Waals surface area (Å²) in [5, 5.41) is 15.3. The molecule has 8 heteroatoms. The van der Waals surface area contributed by atoms with Gasteiger partial charge in [-0.3, -0.25) is 0 Å². The van der Waals surface area contributed by atoms with E-state index in [-0.39, 0.29) is 0 Å². The molecule has 6 nitrogen and oxygen atoms in total. The zero-order chi connectivity index (χ0) is 19.2. The predicted molar refractivity (Wildman–Crippen MR) is 113 cm³/mol. The fourth-order valence-electron chi connectivity index (χ4n) is 2.54. The number of hydrogen-bond donors (Lipinski definition) is 4. The highest BCUT2D eigenvalue weighted by atomic mass is 35.5. The number of rotatable bonds is 7. The van der Waals surface area contributed by atoms with E-state index < -0.39 is 0 Å². The molecule has 0 aliphatic carbocycles. The molecule has 3 aromatic rings. The van der Waals surface area contributed by atoms with E-state index >= 15 is 0 Å². The summed E-state index contributed by atoms with van der Waals surface area (Å²) in [6, 6.07) is 13.0. The first-order chi connectivity index (χ1) is 13.1. The van der Waals surface area contributed by atoms with E-state index in [2.05, 4.69) is 20.6 Å². The Morgan fingerprint density at radius 1 is 1.11 bits per heavy atom. The lowest BCUT2D eigenvalue weighted by atomic mass is 10.2. The van der Waals surface area contributed by atoms with Gasteiger partial charge in [-0.25, -0.2) is 9.97 Å². The van der Waals surface area contributed by atoms with Crippen LogP contribution in [0.1, 0.15) is 0 Å². The number of halogens is 2. The Morgan fingerprint density at radius 3 is 2.70 bits per heavy atom. The summed E-state index contributed by atoms with van der Waals surface area (Å²) in [4.78, 5) is 9.28. The Morgan fingerprint density at radius 2 is 1.93 bits per heavy atom. The Labute approximate surface area is 166 Å². The maximum Gasteiger partial charge on any atom is 0.163 e. The fraction of sp³-hybridized carbons (Fsp3) is 0.105. The molecule has 0 unspecified atom stereocenters. The number of fused-ring (bicyclic) bond motifs is 1. The van der Waals surface area contributed by atoms with Gasteiger partial charge in [0.1, 0.15) is 5.82 Å². The van der Waals surface area contributed by atoms with Crippen LogP contribution in [0.5, 0.6) is 0 Å². The molecule has 1 aromatic heterocycles. The number of nitrogens with zero attached hydrogens (tertiary/aromatic N) is 2. The van der Waals surface area contributed by atoms with Crippen LogP contribution < -0.4 is 16.4 Å². The lowest BCUT2D eigenvalue weighted by Gasteiger charge is -2.12. The van der Waals surface area contributed by atoms with Gasteiger partial charge in [-0.15, -0.1) is 0 Å². The lowest BCUT2D eigenvalue weighted by molar-refractivity contribution is 0.807. The van der Waals surface area contributed by atoms with Crippen LogP contribution in [-0.2, 0) is 0 Å². The van der Waals surface area contributed by atoms with Crippen LogP contribution >= 0.6 is 23.2 Å². The van der Waals surface area contributed by atoms with Gasteiger partial charge in [-0.2, -0.15) is 0 Å². The van der Waals surface area contributed by atoms with Crippen molar-refractivity contribution in [2.75, 3.05) is 18.4 Å². The van der Waals surface area contributed by atoms with Crippen molar-refractivity contribution >= 4 is 46.1 Å². The van der Waals surface area contributed by atoms with Gasteiger partial charge in [0.05, 0.1) is 16.4 Å². The van der Waals surface area contributed by atoms with Gasteiger partial charge < -0.3 is 21.8 Å². The molecule has 27 heavy (non-hydrogen) atoms. The van der Waals surface area contributed by atoms with Gasteiger partial charge in [0.2, 0.25) is 0 Å². The van der Waals surface area contributed by atoms with E-state index in [4.69, 9.17) is 34.3 Å². The first-order valence-corrected chi connectivity index (χ1v) is 9.00. The molecule has 0 spiro atoms. The topological polar surface area (TPSA) is 99.7 Å². The molecule has 138 valence electrons. The van der Waals surface area contributed by atoms with Crippen molar-refractivity contribution < 1.29 is 0 Å². The number of aromatic nitrogens is 2. The maximum atomic E-state index is 7.00. The molecule has 0 fully saturated rings. The van der Waals surface area contributed by atoms with Crippen molar-refractivity contribution in [3.05, 3.63) is 64.4 Å². The molecule has 5 N–H and O–H groups in total. The molecule has 0 saturated heterocycles. The van der Waals surface area contributed by atoms with E-state index in [1.807, 2.05) is 30.3 Å². The molecule has 0 bridgehead atoms. The van der Waals surface area contributed by atoms with Gasteiger partial charge >= 0.3 is 0 Å². The minimum atomic E-state index is 0.438. The summed E-state index contributed by atoms with van der Waals surface area (Å²) in [6.45, 7) is 1.16. The smallest absolute Gasteiger partial charge is 0.163 e. The average molecular weight is 401 g/mol. The molecule has 0 aliphatic rings. The molecular formula is C19H18Cl2N6. The lowest BCUT2D eigenvalue weighted by Crippen LogP contribution is -2.26. The fourth-order valence-corrected chi connectivity index (χ4v) is 3.03. The van der Waals surface area contributed by atoms with Gasteiger partial charge in [-0.05, 0) is 36.4 Å². The van der Waals surface area contributed by atoms with Crippen LogP contribution in [0.25, 0.3) is 22.3 Å². The van der Waals surface area contributed by atoms with Crippen LogP contribution in [0.4, 0.5) is 5.82 Å². The highest BCUT2D eigenvalue weighted by molar-refractivity contribution is 6.36. The highest BCUT2D eigenvalue weighted by Crippen LogP contribution is 2.31. The van der Waals surface area contributed by atoms with Crippen LogP contribution in [0, 0.1) is 5.41 Å². The van der Waals surface area contributed by atoms with Crippen molar-refractivity contribution in [2.24, 2.45) is 5.73 Å². The van der Waals surface area contributed by atoms with Gasteiger partial charge in [0, 0.05) is 35.3 Å². The van der Waals surface area contributed by atoms with E-state index in [0.29, 0.717) is 46.2 Å². The molecular weight excluding hydrogens is 383 g/mol. The SMILES string of the molecule is N=C/C=C(\N)NCCNc1nc(-c2ccc(Cl)cc2Cl)nc2ccccc12. The number of para-hydroxylation sites is 1. The molecule has 3 rings (SSSR count). The molecule has 0 atom stereocenters. The van der Waals surface area contributed by atoms with Crippen LogP contribution in [0.3, 0.4) is 0 Å². The summed E-state index contributed by atoms with van der Waals surface area (Å²) >= 11 is 12.3. The Bertz CT molecular complexity index is 1000. The maximum absolute atomic E-state index is 7.00. The van der Waals surface area contributed by atoms with E-state index in [1.165, 1.54) is 6.08 Å². The predicted octanol–water partition coefficient (Wildman–Crippen LogP) is 4.05. The monoisotopic (exact) mass is 400 g/mol. The minimum absolute atomic E-state index is 0.438. The highest BCUT2D eigenvalue weighted by Gasteiger charge is 2.12. The quantitative estimate of drug-likeness (QED) is 0.354. The third-order valence-corrected chi connectivity index (χ3v) is 4.33. The normalized spacial score (nSPS) is 11.4. The Kier molecular flexibility index (Phi) is 6.11. The summed E-state index contributed by atoms with van der Waals surface area (Å²) in [5.41, 5.74) is 7.23. The Hall–Kier alpha value is -2.83. The molecule has 2 aromatic carbocycles. The summed E-state index contributed by atoms with van der Waals surface area (Å²) < 4.78 is 0. The summed E-state index contributed by atoms with van der Waals surface area (Å²) in [5.74, 6) is 1.67. The van der Waals surface area contributed by atoms with Gasteiger partial charge in [0.15, 0.2) is 5.82 Å². The summed E-state index contributed by atoms with van der Waals surface area (Å²) in [7, 11) is 0. The second-order valence-corrected chi connectivity index (χ2v) is 6.52. The van der Waals surface area contributed by atoms with Crippen molar-refractivity contribution in [1.82, 2.24) is 15.3 Å². The average Bonchev–Trinajstić information content (AvgIpc) is 2.65. The summed E-state index contributed by atoms with van der Waals surface area (Å²) in [6.07, 6.45) is 2.62. The number of anilines is 1. The largest absolute Gasteiger partial charge is 0.385 e. The zero-order valence-electron chi connectivity index (χ0n) is 14.3. The molecule has 0 radical (unpaired) electrons. The van der Waals surface area contributed by atoms with E-state index in [1.54, 1.807) is 12.1 Å². The second kappa shape index (κ2) is 8.70. The number of hydrogen-bond acceptors (Lipinski definition) is 6. The molecule has 0 saturated carbocycles. The third kappa shape index (κ3) is 4.67. The second-order valence-electron chi connectivity index (χ2n) is 5.68. The molecule has 0 amide bonds. The number of allylic oxidation sites excluding steroid dienone is 1. The van der Waals surface area contributed by atoms with Crippen molar-refractivity contribution in [3.63, 3.8) is 0 Å². The van der Waals surface area contributed by atoms with E-state index in [9.17, 15) is 0 Å². The van der Waals surface area contributed by atoms with Crippen molar-refractivity contribution in [2.45, 2.75) is 0 Å². The van der Waals surface area contributed by atoms with Gasteiger partial charge in [-0.1, -0.05) is 35.3 Å².